The van der Waals surface area contributed by atoms with Gasteiger partial charge in [-0.05, 0) is 37.6 Å². The molecule has 0 N–H and O–H groups in total. The number of carbonyl (C=O) groups excluding carboxylic acids is 1. The van der Waals surface area contributed by atoms with E-state index in [2.05, 4.69) is 20.8 Å². The monoisotopic (exact) mass is 464 g/mol. The molecule has 2 aromatic rings. The lowest BCUT2D eigenvalue weighted by Crippen LogP contribution is -2.49. The van der Waals surface area contributed by atoms with Crippen LogP contribution >= 0.6 is 15.9 Å². The quantitative estimate of drug-likeness (QED) is 0.612. The first kappa shape index (κ1) is 21.2. The smallest absolute Gasteiger partial charge is 0.243 e. The molecular weight excluding hydrogens is 440 g/mol. The molecule has 150 valence electrons. The predicted molar refractivity (Wildman–Crippen MR) is 114 cm³/mol. The second kappa shape index (κ2) is 8.86. The number of piperazine rings is 1. The van der Waals surface area contributed by atoms with Crippen molar-refractivity contribution in [3.8, 4) is 0 Å². The van der Waals surface area contributed by atoms with Crippen molar-refractivity contribution in [2.24, 2.45) is 0 Å². The van der Waals surface area contributed by atoms with Crippen molar-refractivity contribution in [3.05, 3.63) is 63.6 Å². The van der Waals surface area contributed by atoms with Crippen molar-refractivity contribution < 1.29 is 13.2 Å². The van der Waals surface area contributed by atoms with Gasteiger partial charge in [0.25, 0.3) is 0 Å². The number of ketones is 1. The van der Waals surface area contributed by atoms with E-state index in [1.807, 2.05) is 50.2 Å². The Hall–Kier alpha value is -1.54. The Morgan fingerprint density at radius 2 is 1.64 bits per heavy atom. The molecule has 0 spiro atoms. The summed E-state index contributed by atoms with van der Waals surface area (Å²) in [7, 11) is -3.48. The molecule has 1 saturated heterocycles. The molecule has 1 heterocycles. The molecule has 5 nitrogen and oxygen atoms in total. The second-order valence-electron chi connectivity index (χ2n) is 7.19. The van der Waals surface area contributed by atoms with Gasteiger partial charge < -0.3 is 4.90 Å². The topological polar surface area (TPSA) is 57.7 Å². The lowest BCUT2D eigenvalue weighted by molar-refractivity contribution is 0.0952. The molecule has 0 radical (unpaired) electrons. The Labute approximate surface area is 175 Å². The summed E-state index contributed by atoms with van der Waals surface area (Å²) < 4.78 is 28.4. The SMILES string of the molecule is Cc1ccc(S(=O)(=O)N2CCN(CCC(=O)c3ccc(Br)cc3)CC2)c(C)c1. The number of hydrogen-bond donors (Lipinski definition) is 0. The fourth-order valence-corrected chi connectivity index (χ4v) is 5.35. The number of aryl methyl sites for hydroxylation is 2. The normalized spacial score (nSPS) is 16.2. The van der Waals surface area contributed by atoms with Gasteiger partial charge in [0.1, 0.15) is 0 Å². The largest absolute Gasteiger partial charge is 0.300 e. The molecule has 1 aliphatic rings. The first-order valence-electron chi connectivity index (χ1n) is 9.36. The van der Waals surface area contributed by atoms with Crippen molar-refractivity contribution in [3.63, 3.8) is 0 Å². The van der Waals surface area contributed by atoms with Gasteiger partial charge in [-0.15, -0.1) is 0 Å². The standard InChI is InChI=1S/C21H25BrN2O3S/c1-16-3-8-21(17(2)15-16)28(26,27)24-13-11-23(12-14-24)10-9-20(25)18-4-6-19(22)7-5-18/h3-8,15H,9-14H2,1-2H3. The number of carbonyl (C=O) groups is 1. The lowest BCUT2D eigenvalue weighted by atomic mass is 10.1. The summed E-state index contributed by atoms with van der Waals surface area (Å²) >= 11 is 3.37. The molecule has 0 atom stereocenters. The summed E-state index contributed by atoms with van der Waals surface area (Å²) in [5.41, 5.74) is 2.54. The van der Waals surface area contributed by atoms with Gasteiger partial charge in [-0.25, -0.2) is 8.42 Å². The number of nitrogens with zero attached hydrogens (tertiary/aromatic N) is 2. The second-order valence-corrected chi connectivity index (χ2v) is 10.0. The Morgan fingerprint density at radius 1 is 1.00 bits per heavy atom. The molecule has 0 aromatic heterocycles. The minimum Gasteiger partial charge on any atom is -0.300 e. The highest BCUT2D eigenvalue weighted by molar-refractivity contribution is 9.10. The maximum atomic E-state index is 13.0. The van der Waals surface area contributed by atoms with Crippen LogP contribution in [0.15, 0.2) is 51.8 Å². The molecular formula is C21H25BrN2O3S. The number of Topliss-reactive ketones (excluding diaryl/α,β-unsaturated/α-hetero) is 1. The van der Waals surface area contributed by atoms with E-state index in [0.717, 1.165) is 15.6 Å². The van der Waals surface area contributed by atoms with Crippen LogP contribution in [0.5, 0.6) is 0 Å². The number of halogens is 1. The summed E-state index contributed by atoms with van der Waals surface area (Å²) in [6, 6.07) is 12.8. The lowest BCUT2D eigenvalue weighted by Gasteiger charge is -2.34. The van der Waals surface area contributed by atoms with E-state index >= 15 is 0 Å². The highest BCUT2D eigenvalue weighted by Gasteiger charge is 2.29. The number of benzene rings is 2. The van der Waals surface area contributed by atoms with Crippen molar-refractivity contribution in [2.45, 2.75) is 25.2 Å². The van der Waals surface area contributed by atoms with Crippen LogP contribution in [-0.4, -0.2) is 56.1 Å². The summed E-state index contributed by atoms with van der Waals surface area (Å²) in [5.74, 6) is 0.109. The molecule has 0 unspecified atom stereocenters. The zero-order valence-electron chi connectivity index (χ0n) is 16.2. The van der Waals surface area contributed by atoms with Crippen molar-refractivity contribution in [1.29, 1.82) is 0 Å². The van der Waals surface area contributed by atoms with Gasteiger partial charge in [0.2, 0.25) is 10.0 Å². The Bertz CT molecular complexity index is 950. The molecule has 7 heteroatoms. The molecule has 2 aromatic carbocycles. The molecule has 0 amide bonds. The van der Waals surface area contributed by atoms with Crippen molar-refractivity contribution in [2.75, 3.05) is 32.7 Å². The van der Waals surface area contributed by atoms with Crippen LogP contribution in [0.3, 0.4) is 0 Å². The van der Waals surface area contributed by atoms with Crippen LogP contribution < -0.4 is 0 Å². The Morgan fingerprint density at radius 3 is 2.25 bits per heavy atom. The van der Waals surface area contributed by atoms with Gasteiger partial charge in [0.05, 0.1) is 4.90 Å². The van der Waals surface area contributed by atoms with Crippen LogP contribution in [0.1, 0.15) is 27.9 Å². The third kappa shape index (κ3) is 4.89. The first-order valence-corrected chi connectivity index (χ1v) is 11.6. The molecule has 3 rings (SSSR count). The van der Waals surface area contributed by atoms with Gasteiger partial charge in [-0.1, -0.05) is 45.8 Å². The molecule has 1 fully saturated rings. The summed E-state index contributed by atoms with van der Waals surface area (Å²) in [6.07, 6.45) is 0.436. The Kier molecular flexibility index (Phi) is 6.70. The highest BCUT2D eigenvalue weighted by atomic mass is 79.9. The maximum Gasteiger partial charge on any atom is 0.243 e. The van der Waals surface area contributed by atoms with E-state index < -0.39 is 10.0 Å². The number of sulfonamides is 1. The Balaban J connectivity index is 1.55. The fourth-order valence-electron chi connectivity index (χ4n) is 3.46. The highest BCUT2D eigenvalue weighted by Crippen LogP contribution is 2.22. The van der Waals surface area contributed by atoms with Crippen LogP contribution in [0.25, 0.3) is 0 Å². The van der Waals surface area contributed by atoms with Gasteiger partial charge in [0.15, 0.2) is 5.78 Å². The van der Waals surface area contributed by atoms with Crippen molar-refractivity contribution >= 4 is 31.7 Å². The molecule has 0 bridgehead atoms. The third-order valence-corrected chi connectivity index (χ3v) is 7.69. The van der Waals surface area contributed by atoms with E-state index in [1.165, 1.54) is 0 Å². The zero-order chi connectivity index (χ0) is 20.3. The minimum absolute atomic E-state index is 0.109. The molecule has 1 aliphatic heterocycles. The van der Waals surface area contributed by atoms with Gasteiger partial charge in [-0.2, -0.15) is 4.31 Å². The van der Waals surface area contributed by atoms with E-state index in [1.54, 1.807) is 10.4 Å². The fraction of sp³-hybridized carbons (Fsp3) is 0.381. The molecule has 0 saturated carbocycles. The van der Waals surface area contributed by atoms with E-state index in [4.69, 9.17) is 0 Å². The summed E-state index contributed by atoms with van der Waals surface area (Å²) in [5, 5.41) is 0. The zero-order valence-corrected chi connectivity index (χ0v) is 18.6. The van der Waals surface area contributed by atoms with Gasteiger partial charge in [-0.3, -0.25) is 4.79 Å². The van der Waals surface area contributed by atoms with E-state index in [-0.39, 0.29) is 5.78 Å². The average Bonchev–Trinajstić information content (AvgIpc) is 2.66. The number of rotatable bonds is 6. The predicted octanol–water partition coefficient (Wildman–Crippen LogP) is 3.65. The third-order valence-electron chi connectivity index (χ3n) is 5.10. The van der Waals surface area contributed by atoms with Crippen LogP contribution in [-0.2, 0) is 10.0 Å². The van der Waals surface area contributed by atoms with Gasteiger partial charge >= 0.3 is 0 Å². The molecule has 28 heavy (non-hydrogen) atoms. The number of hydrogen-bond acceptors (Lipinski definition) is 4. The molecule has 0 aliphatic carbocycles. The van der Waals surface area contributed by atoms with Crippen molar-refractivity contribution in [1.82, 2.24) is 9.21 Å². The van der Waals surface area contributed by atoms with Gasteiger partial charge in [0, 0.05) is 49.2 Å². The van der Waals surface area contributed by atoms with Crippen LogP contribution in [0.4, 0.5) is 0 Å². The summed E-state index contributed by atoms with van der Waals surface area (Å²) in [4.78, 5) is 14.9. The van der Waals surface area contributed by atoms with E-state index in [0.29, 0.717) is 49.6 Å². The van der Waals surface area contributed by atoms with E-state index in [9.17, 15) is 13.2 Å². The minimum atomic E-state index is -3.48. The van der Waals surface area contributed by atoms with Crippen LogP contribution in [0.2, 0.25) is 0 Å². The van der Waals surface area contributed by atoms with Crippen LogP contribution in [0, 0.1) is 13.8 Å². The first-order chi connectivity index (χ1) is 13.3. The summed E-state index contributed by atoms with van der Waals surface area (Å²) in [6.45, 7) is 6.60. The average molecular weight is 465 g/mol. The maximum absolute atomic E-state index is 13.0.